The molecule has 0 spiro atoms. The van der Waals surface area contributed by atoms with Gasteiger partial charge in [-0.05, 0) is 43.9 Å². The predicted molar refractivity (Wildman–Crippen MR) is 88.6 cm³/mol. The maximum Gasteiger partial charge on any atom is 0.416 e. The van der Waals surface area contributed by atoms with Gasteiger partial charge in [0, 0.05) is 12.6 Å². The fraction of sp³-hybridized carbons (Fsp3) is 0.471. The molecule has 9 heteroatoms. The lowest BCUT2D eigenvalue weighted by Gasteiger charge is -2.35. The third-order valence-electron chi connectivity index (χ3n) is 4.57. The lowest BCUT2D eigenvalue weighted by molar-refractivity contribution is -0.137. The molecular formula is C17H19F3N4O2. The molecule has 0 saturated carbocycles. The average Bonchev–Trinajstić information content (AvgIpc) is 3.06. The average molecular weight is 368 g/mol. The first-order valence-electron chi connectivity index (χ1n) is 8.46. The highest BCUT2D eigenvalue weighted by Crippen LogP contribution is 2.31. The maximum absolute atomic E-state index is 12.9. The van der Waals surface area contributed by atoms with Crippen LogP contribution in [0.4, 0.5) is 19.0 Å². The number of aromatic nitrogens is 3. The fourth-order valence-electron chi connectivity index (χ4n) is 3.26. The van der Waals surface area contributed by atoms with Crippen molar-refractivity contribution in [3.63, 3.8) is 0 Å². The Bertz CT molecular complexity index is 804. The molecule has 1 atom stereocenters. The van der Waals surface area contributed by atoms with E-state index in [1.807, 2.05) is 11.8 Å². The zero-order chi connectivity index (χ0) is 18.9. The topological polar surface area (TPSA) is 71.2 Å². The first kappa shape index (κ1) is 18.2. The highest BCUT2D eigenvalue weighted by atomic mass is 19.4. The van der Waals surface area contributed by atoms with Gasteiger partial charge in [-0.15, -0.1) is 15.0 Å². The SMILES string of the molecule is CC[C@@H]1CCCCN1c1nn(-c2cccc(C(F)(F)F)c2)nc1C(=O)O. The van der Waals surface area contributed by atoms with Crippen LogP contribution in [-0.2, 0) is 6.18 Å². The number of nitrogens with zero attached hydrogens (tertiary/aromatic N) is 4. The van der Waals surface area contributed by atoms with E-state index in [9.17, 15) is 23.1 Å². The second-order valence-corrected chi connectivity index (χ2v) is 6.27. The second-order valence-electron chi connectivity index (χ2n) is 6.27. The third kappa shape index (κ3) is 3.51. The molecule has 1 aromatic carbocycles. The van der Waals surface area contributed by atoms with Crippen LogP contribution in [0.3, 0.4) is 0 Å². The van der Waals surface area contributed by atoms with Crippen LogP contribution < -0.4 is 4.90 Å². The molecule has 6 nitrogen and oxygen atoms in total. The number of piperidine rings is 1. The molecule has 2 aromatic rings. The Morgan fingerprint density at radius 1 is 1.31 bits per heavy atom. The van der Waals surface area contributed by atoms with Gasteiger partial charge in [0.1, 0.15) is 0 Å². The second kappa shape index (κ2) is 6.97. The van der Waals surface area contributed by atoms with Crippen molar-refractivity contribution in [1.29, 1.82) is 0 Å². The number of aromatic carboxylic acids is 1. The number of hydrogen-bond donors (Lipinski definition) is 1. The maximum atomic E-state index is 12.9. The summed E-state index contributed by atoms with van der Waals surface area (Å²) in [5.74, 6) is -1.04. The molecule has 0 aliphatic carbocycles. The van der Waals surface area contributed by atoms with Crippen LogP contribution in [0.2, 0.25) is 0 Å². The van der Waals surface area contributed by atoms with Crippen molar-refractivity contribution in [2.75, 3.05) is 11.4 Å². The molecule has 140 valence electrons. The van der Waals surface area contributed by atoms with Gasteiger partial charge in [-0.2, -0.15) is 13.2 Å². The van der Waals surface area contributed by atoms with Gasteiger partial charge in [0.15, 0.2) is 5.82 Å². The summed E-state index contributed by atoms with van der Waals surface area (Å²) in [5.41, 5.74) is -1.02. The molecule has 26 heavy (non-hydrogen) atoms. The lowest BCUT2D eigenvalue weighted by atomic mass is 10.00. The van der Waals surface area contributed by atoms with E-state index >= 15 is 0 Å². The number of anilines is 1. The van der Waals surface area contributed by atoms with Crippen molar-refractivity contribution in [1.82, 2.24) is 15.0 Å². The minimum atomic E-state index is -4.50. The monoisotopic (exact) mass is 368 g/mol. The molecule has 0 radical (unpaired) electrons. The summed E-state index contributed by atoms with van der Waals surface area (Å²) >= 11 is 0. The minimum absolute atomic E-state index is 0.0682. The fourth-order valence-corrected chi connectivity index (χ4v) is 3.26. The lowest BCUT2D eigenvalue weighted by Crippen LogP contribution is -2.40. The summed E-state index contributed by atoms with van der Waals surface area (Å²) in [6.45, 7) is 2.67. The standard InChI is InChI=1S/C17H19F3N4O2/c1-2-12-7-3-4-9-23(12)15-14(16(25)26)21-24(22-15)13-8-5-6-11(10-13)17(18,19)20/h5-6,8,10,12H,2-4,7,9H2,1H3,(H,25,26)/t12-/m1/s1. The van der Waals surface area contributed by atoms with Gasteiger partial charge in [-0.1, -0.05) is 13.0 Å². The van der Waals surface area contributed by atoms with Gasteiger partial charge in [0.2, 0.25) is 5.69 Å². The van der Waals surface area contributed by atoms with Crippen LogP contribution in [-0.4, -0.2) is 38.7 Å². The summed E-state index contributed by atoms with van der Waals surface area (Å²) in [7, 11) is 0. The van der Waals surface area contributed by atoms with E-state index in [2.05, 4.69) is 10.2 Å². The minimum Gasteiger partial charge on any atom is -0.476 e. The van der Waals surface area contributed by atoms with Crippen molar-refractivity contribution in [3.05, 3.63) is 35.5 Å². The number of carboxylic acids is 1. The van der Waals surface area contributed by atoms with Crippen molar-refractivity contribution in [2.24, 2.45) is 0 Å². The van der Waals surface area contributed by atoms with Crippen molar-refractivity contribution in [2.45, 2.75) is 44.8 Å². The normalized spacial score (nSPS) is 18.2. The van der Waals surface area contributed by atoms with Gasteiger partial charge in [0.05, 0.1) is 11.3 Å². The Morgan fingerprint density at radius 3 is 2.73 bits per heavy atom. The van der Waals surface area contributed by atoms with Crippen LogP contribution in [0, 0.1) is 0 Å². The van der Waals surface area contributed by atoms with Crippen LogP contribution in [0.25, 0.3) is 5.69 Å². The quantitative estimate of drug-likeness (QED) is 0.890. The number of halogens is 3. The van der Waals surface area contributed by atoms with Crippen LogP contribution in [0.1, 0.15) is 48.7 Å². The number of rotatable bonds is 4. The largest absolute Gasteiger partial charge is 0.476 e. The van der Waals surface area contributed by atoms with Crippen LogP contribution >= 0.6 is 0 Å². The molecule has 0 bridgehead atoms. The van der Waals surface area contributed by atoms with Gasteiger partial charge >= 0.3 is 12.1 Å². The Balaban J connectivity index is 2.04. The number of hydrogen-bond acceptors (Lipinski definition) is 4. The van der Waals surface area contributed by atoms with E-state index in [1.54, 1.807) is 0 Å². The van der Waals surface area contributed by atoms with Crippen LogP contribution in [0.15, 0.2) is 24.3 Å². The predicted octanol–water partition coefficient (Wildman–Crippen LogP) is 3.75. The number of alkyl halides is 3. The number of carbonyl (C=O) groups is 1. The molecule has 1 aliphatic rings. The van der Waals surface area contributed by atoms with E-state index < -0.39 is 17.7 Å². The molecule has 1 N–H and O–H groups in total. The van der Waals surface area contributed by atoms with Gasteiger partial charge in [-0.25, -0.2) is 4.79 Å². The Morgan fingerprint density at radius 2 is 2.08 bits per heavy atom. The summed E-state index contributed by atoms with van der Waals surface area (Å²) in [6.07, 6.45) is -0.783. The Hall–Kier alpha value is -2.58. The molecule has 1 fully saturated rings. The Kier molecular flexibility index (Phi) is 4.88. The molecular weight excluding hydrogens is 349 g/mol. The van der Waals surface area contributed by atoms with Gasteiger partial charge < -0.3 is 10.0 Å². The zero-order valence-electron chi connectivity index (χ0n) is 14.2. The zero-order valence-corrected chi connectivity index (χ0v) is 14.2. The van der Waals surface area contributed by atoms with Crippen molar-refractivity contribution in [3.8, 4) is 5.69 Å². The number of benzene rings is 1. The molecule has 2 heterocycles. The van der Waals surface area contributed by atoms with E-state index in [0.29, 0.717) is 6.54 Å². The summed E-state index contributed by atoms with van der Waals surface area (Å²) in [4.78, 5) is 14.5. The highest BCUT2D eigenvalue weighted by Gasteiger charge is 2.32. The van der Waals surface area contributed by atoms with E-state index in [0.717, 1.165) is 42.6 Å². The first-order valence-corrected chi connectivity index (χ1v) is 8.46. The van der Waals surface area contributed by atoms with E-state index in [1.165, 1.54) is 12.1 Å². The third-order valence-corrected chi connectivity index (χ3v) is 4.57. The summed E-state index contributed by atoms with van der Waals surface area (Å²) in [5, 5.41) is 17.7. The molecule has 1 aliphatic heterocycles. The number of carboxylic acid groups (broad SMARTS) is 1. The van der Waals surface area contributed by atoms with E-state index in [4.69, 9.17) is 0 Å². The molecule has 0 unspecified atom stereocenters. The van der Waals surface area contributed by atoms with Crippen LogP contribution in [0.5, 0.6) is 0 Å². The molecule has 1 aromatic heterocycles. The van der Waals surface area contributed by atoms with E-state index in [-0.39, 0.29) is 23.2 Å². The first-order chi connectivity index (χ1) is 12.3. The van der Waals surface area contributed by atoms with Gasteiger partial charge in [0.25, 0.3) is 0 Å². The smallest absolute Gasteiger partial charge is 0.416 e. The summed E-state index contributed by atoms with van der Waals surface area (Å²) in [6, 6.07) is 4.66. The highest BCUT2D eigenvalue weighted by molar-refractivity contribution is 5.91. The molecule has 1 saturated heterocycles. The van der Waals surface area contributed by atoms with Crippen molar-refractivity contribution >= 4 is 11.8 Å². The summed E-state index contributed by atoms with van der Waals surface area (Å²) < 4.78 is 38.8. The van der Waals surface area contributed by atoms with Crippen molar-refractivity contribution < 1.29 is 23.1 Å². The molecule has 3 rings (SSSR count). The Labute approximate surface area is 148 Å². The molecule has 0 amide bonds. The van der Waals surface area contributed by atoms with Gasteiger partial charge in [-0.3, -0.25) is 0 Å².